The van der Waals surface area contributed by atoms with Crippen LogP contribution in [0.5, 0.6) is 0 Å². The molecule has 2 rings (SSSR count). The third-order valence-corrected chi connectivity index (χ3v) is 4.12. The van der Waals surface area contributed by atoms with E-state index in [0.717, 1.165) is 12.8 Å². The minimum Gasteiger partial charge on any atom is -0.409 e. The van der Waals surface area contributed by atoms with Crippen LogP contribution in [0, 0.1) is 5.92 Å². The van der Waals surface area contributed by atoms with Crippen molar-refractivity contribution in [1.29, 1.82) is 0 Å². The van der Waals surface area contributed by atoms with Crippen LogP contribution in [0.4, 0.5) is 0 Å². The lowest BCUT2D eigenvalue weighted by atomic mass is 9.76. The van der Waals surface area contributed by atoms with Gasteiger partial charge >= 0.3 is 0 Å². The van der Waals surface area contributed by atoms with Gasteiger partial charge in [0, 0.05) is 17.8 Å². The summed E-state index contributed by atoms with van der Waals surface area (Å²) >= 11 is 0. The molecule has 114 valence electrons. The van der Waals surface area contributed by atoms with Gasteiger partial charge in [-0.05, 0) is 37.7 Å². The van der Waals surface area contributed by atoms with E-state index in [1.807, 2.05) is 0 Å². The van der Waals surface area contributed by atoms with E-state index in [2.05, 4.69) is 22.4 Å². The molecular weight excluding hydrogens is 272 g/mol. The van der Waals surface area contributed by atoms with Crippen molar-refractivity contribution in [3.05, 3.63) is 34.2 Å². The van der Waals surface area contributed by atoms with Crippen LogP contribution in [0.15, 0.2) is 28.3 Å². The molecule has 0 aliphatic heterocycles. The van der Waals surface area contributed by atoms with Crippen LogP contribution < -0.4 is 16.6 Å². The summed E-state index contributed by atoms with van der Waals surface area (Å²) in [6.45, 7) is 2.13. The Morgan fingerprint density at radius 1 is 1.52 bits per heavy atom. The Labute approximate surface area is 122 Å². The maximum absolute atomic E-state index is 12.3. The Balaban J connectivity index is 2.23. The average Bonchev–Trinajstić information content (AvgIpc) is 2.49. The fourth-order valence-electron chi connectivity index (χ4n) is 2.67. The van der Waals surface area contributed by atoms with Crippen LogP contribution in [0.3, 0.4) is 0 Å². The summed E-state index contributed by atoms with van der Waals surface area (Å²) in [4.78, 5) is 26.0. The first kappa shape index (κ1) is 15.1. The van der Waals surface area contributed by atoms with Gasteiger partial charge in [-0.2, -0.15) is 0 Å². The number of carbonyl (C=O) groups excluding carboxylic acids is 1. The third-order valence-electron chi connectivity index (χ3n) is 4.12. The number of nitrogens with two attached hydrogens (primary N) is 1. The number of hydrogen-bond donors (Lipinski definition) is 4. The number of pyridine rings is 1. The van der Waals surface area contributed by atoms with Crippen LogP contribution >= 0.6 is 0 Å². The summed E-state index contributed by atoms with van der Waals surface area (Å²) in [5, 5.41) is 14.9. The molecule has 0 saturated heterocycles. The minimum absolute atomic E-state index is 0.00703. The van der Waals surface area contributed by atoms with Crippen molar-refractivity contribution in [2.75, 3.05) is 0 Å². The van der Waals surface area contributed by atoms with Crippen LogP contribution in [0.2, 0.25) is 0 Å². The number of H-pyrrole nitrogens is 1. The summed E-state index contributed by atoms with van der Waals surface area (Å²) in [7, 11) is 0. The van der Waals surface area contributed by atoms with Crippen molar-refractivity contribution >= 4 is 11.7 Å². The number of rotatable bonds is 3. The van der Waals surface area contributed by atoms with Gasteiger partial charge in [-0.15, -0.1) is 0 Å². The maximum Gasteiger partial charge on any atom is 0.252 e. The number of aromatic amines is 1. The smallest absolute Gasteiger partial charge is 0.252 e. The fraction of sp³-hybridized carbons (Fsp3) is 0.500. The van der Waals surface area contributed by atoms with Gasteiger partial charge in [0.1, 0.15) is 5.54 Å². The number of amides is 1. The topological polar surface area (TPSA) is 121 Å². The van der Waals surface area contributed by atoms with Crippen molar-refractivity contribution in [2.24, 2.45) is 16.8 Å². The largest absolute Gasteiger partial charge is 0.409 e. The van der Waals surface area contributed by atoms with E-state index in [-0.39, 0.29) is 17.0 Å². The molecule has 0 unspecified atom stereocenters. The van der Waals surface area contributed by atoms with E-state index < -0.39 is 11.4 Å². The highest BCUT2D eigenvalue weighted by Gasteiger charge is 2.40. The average molecular weight is 292 g/mol. The van der Waals surface area contributed by atoms with Gasteiger partial charge in [-0.1, -0.05) is 12.1 Å². The van der Waals surface area contributed by atoms with E-state index in [4.69, 9.17) is 10.9 Å². The second kappa shape index (κ2) is 5.99. The highest BCUT2D eigenvalue weighted by atomic mass is 16.4. The van der Waals surface area contributed by atoms with E-state index >= 15 is 0 Å². The first-order valence-corrected chi connectivity index (χ1v) is 6.96. The van der Waals surface area contributed by atoms with Gasteiger partial charge in [0.25, 0.3) is 5.91 Å². The second-order valence-electron chi connectivity index (χ2n) is 5.65. The third kappa shape index (κ3) is 3.24. The molecule has 21 heavy (non-hydrogen) atoms. The van der Waals surface area contributed by atoms with Crippen molar-refractivity contribution in [3.63, 3.8) is 0 Å². The normalized spacial score (nSPS) is 26.3. The maximum atomic E-state index is 12.3. The summed E-state index contributed by atoms with van der Waals surface area (Å²) in [5.41, 5.74) is 4.86. The second-order valence-corrected chi connectivity index (χ2v) is 5.65. The zero-order valence-corrected chi connectivity index (χ0v) is 11.9. The number of hydrogen-bond acceptors (Lipinski definition) is 4. The standard InChI is InChI=1S/C14H20N4O3/c1-9-2-5-14(6-3-9,13(15)18-21)17-12(20)10-4-7-16-11(19)8-10/h4,7-9,21H,2-3,5-6H2,1H3,(H2,15,18)(H,16,19)(H,17,20). The van der Waals surface area contributed by atoms with Gasteiger partial charge in [0.2, 0.25) is 5.56 Å². The van der Waals surface area contributed by atoms with Gasteiger partial charge in [0.15, 0.2) is 5.84 Å². The molecule has 5 N–H and O–H groups in total. The predicted molar refractivity (Wildman–Crippen MR) is 78.3 cm³/mol. The van der Waals surface area contributed by atoms with Crippen molar-refractivity contribution in [2.45, 2.75) is 38.1 Å². The van der Waals surface area contributed by atoms with Crippen LogP contribution in [-0.2, 0) is 0 Å². The highest BCUT2D eigenvalue weighted by molar-refractivity contribution is 6.00. The van der Waals surface area contributed by atoms with Crippen molar-refractivity contribution in [3.8, 4) is 0 Å². The van der Waals surface area contributed by atoms with Crippen molar-refractivity contribution in [1.82, 2.24) is 10.3 Å². The first-order valence-electron chi connectivity index (χ1n) is 6.96. The molecule has 0 atom stereocenters. The SMILES string of the molecule is CC1CCC(NC(=O)c2cc[nH]c(=O)c2)(/C(N)=N/O)CC1. The lowest BCUT2D eigenvalue weighted by Gasteiger charge is -2.38. The van der Waals surface area contributed by atoms with E-state index in [9.17, 15) is 9.59 Å². The van der Waals surface area contributed by atoms with Gasteiger partial charge in [-0.25, -0.2) is 0 Å². The van der Waals surface area contributed by atoms with Gasteiger partial charge in [-0.3, -0.25) is 9.59 Å². The summed E-state index contributed by atoms with van der Waals surface area (Å²) in [6, 6.07) is 2.74. The number of amidine groups is 1. The lowest BCUT2D eigenvalue weighted by Crippen LogP contribution is -2.59. The summed E-state index contributed by atoms with van der Waals surface area (Å²) < 4.78 is 0. The van der Waals surface area contributed by atoms with Gasteiger partial charge in [0.05, 0.1) is 0 Å². The Morgan fingerprint density at radius 2 is 2.19 bits per heavy atom. The Hall–Kier alpha value is -2.31. The highest BCUT2D eigenvalue weighted by Crippen LogP contribution is 2.32. The lowest BCUT2D eigenvalue weighted by molar-refractivity contribution is 0.0897. The molecule has 1 aliphatic carbocycles. The number of oxime groups is 1. The summed E-state index contributed by atoms with van der Waals surface area (Å²) in [6.07, 6.45) is 4.39. The monoisotopic (exact) mass is 292 g/mol. The quantitative estimate of drug-likeness (QED) is 0.285. The first-order chi connectivity index (χ1) is 9.97. The van der Waals surface area contributed by atoms with E-state index in [1.165, 1.54) is 18.3 Å². The molecule has 1 aromatic heterocycles. The number of aromatic nitrogens is 1. The molecule has 1 saturated carbocycles. The van der Waals surface area contributed by atoms with E-state index in [1.54, 1.807) is 0 Å². The predicted octanol–water partition coefficient (Wildman–Crippen LogP) is 0.800. The molecule has 1 amide bonds. The van der Waals surface area contributed by atoms with Gasteiger partial charge < -0.3 is 21.2 Å². The summed E-state index contributed by atoms with van der Waals surface area (Å²) in [5.74, 6) is 0.149. The molecule has 7 heteroatoms. The number of carbonyl (C=O) groups is 1. The molecule has 0 aromatic carbocycles. The molecule has 1 fully saturated rings. The molecule has 7 nitrogen and oxygen atoms in total. The Morgan fingerprint density at radius 3 is 2.76 bits per heavy atom. The molecule has 1 aromatic rings. The van der Waals surface area contributed by atoms with Crippen LogP contribution in [0.25, 0.3) is 0 Å². The molecule has 1 aliphatic rings. The minimum atomic E-state index is -0.846. The molecule has 0 spiro atoms. The molecule has 1 heterocycles. The zero-order chi connectivity index (χ0) is 15.5. The fourth-order valence-corrected chi connectivity index (χ4v) is 2.67. The molecule has 0 bridgehead atoms. The number of nitrogens with zero attached hydrogens (tertiary/aromatic N) is 1. The van der Waals surface area contributed by atoms with E-state index in [0.29, 0.717) is 18.8 Å². The number of nitrogens with one attached hydrogen (secondary N) is 2. The zero-order valence-electron chi connectivity index (χ0n) is 11.9. The van der Waals surface area contributed by atoms with Crippen LogP contribution in [0.1, 0.15) is 43.0 Å². The molecular formula is C14H20N4O3. The van der Waals surface area contributed by atoms with Crippen molar-refractivity contribution < 1.29 is 10.0 Å². The Kier molecular flexibility index (Phi) is 4.30. The molecule has 0 radical (unpaired) electrons. The van der Waals surface area contributed by atoms with Crippen LogP contribution in [-0.4, -0.2) is 27.5 Å². The Bertz CT molecular complexity index is 600.